The number of benzene rings is 1. The molecule has 2 amide bonds. The molecule has 32 heavy (non-hydrogen) atoms. The van der Waals surface area contributed by atoms with Crippen LogP contribution in [0.1, 0.15) is 17.3 Å². The maximum absolute atomic E-state index is 12.6. The SMILES string of the molecule is CC1=NN(C(=O)c2ccncc2)C(=O)[C@H]1N=Nc1ccc(S(=O)(=O)Nc2nccs2)cc1. The highest BCUT2D eigenvalue weighted by Crippen LogP contribution is 2.22. The Morgan fingerprint density at radius 1 is 1.12 bits per heavy atom. The number of carbonyl (C=O) groups is 2. The molecular weight excluding hydrogens is 454 g/mol. The lowest BCUT2D eigenvalue weighted by molar-refractivity contribution is -0.127. The predicted octanol–water partition coefficient (Wildman–Crippen LogP) is 2.85. The second-order valence-corrected chi connectivity index (χ2v) is 9.06. The highest BCUT2D eigenvalue weighted by atomic mass is 32.2. The zero-order chi connectivity index (χ0) is 22.7. The summed E-state index contributed by atoms with van der Waals surface area (Å²) in [6, 6.07) is 7.54. The second-order valence-electron chi connectivity index (χ2n) is 6.49. The highest BCUT2D eigenvalue weighted by Gasteiger charge is 2.38. The average molecular weight is 470 g/mol. The molecule has 1 aromatic carbocycles. The topological polar surface area (TPSA) is 146 Å². The molecule has 0 saturated carbocycles. The molecule has 1 aliphatic rings. The number of nitrogens with zero attached hydrogens (tertiary/aromatic N) is 6. The molecule has 0 saturated heterocycles. The van der Waals surface area contributed by atoms with E-state index in [-0.39, 0.29) is 15.6 Å². The second kappa shape index (κ2) is 8.72. The van der Waals surface area contributed by atoms with E-state index in [0.29, 0.717) is 11.4 Å². The van der Waals surface area contributed by atoms with Gasteiger partial charge in [0.05, 0.1) is 16.3 Å². The summed E-state index contributed by atoms with van der Waals surface area (Å²) in [5.41, 5.74) is 0.913. The highest BCUT2D eigenvalue weighted by molar-refractivity contribution is 7.93. The zero-order valence-corrected chi connectivity index (χ0v) is 18.1. The van der Waals surface area contributed by atoms with Crippen LogP contribution in [-0.2, 0) is 14.8 Å². The van der Waals surface area contributed by atoms with Crippen LogP contribution in [0.5, 0.6) is 0 Å². The predicted molar refractivity (Wildman–Crippen MR) is 116 cm³/mol. The summed E-state index contributed by atoms with van der Waals surface area (Å²) >= 11 is 1.16. The molecule has 3 aromatic rings. The van der Waals surface area contributed by atoms with Crippen molar-refractivity contribution in [2.45, 2.75) is 17.9 Å². The molecule has 1 atom stereocenters. The number of amides is 2. The Hall–Kier alpha value is -3.84. The molecule has 0 spiro atoms. The zero-order valence-electron chi connectivity index (χ0n) is 16.5. The molecule has 0 bridgehead atoms. The number of aromatic nitrogens is 2. The summed E-state index contributed by atoms with van der Waals surface area (Å²) in [5, 5.41) is 14.7. The fourth-order valence-corrected chi connectivity index (χ4v) is 4.50. The van der Waals surface area contributed by atoms with Crippen LogP contribution >= 0.6 is 11.3 Å². The van der Waals surface area contributed by atoms with Crippen LogP contribution in [0, 0.1) is 0 Å². The van der Waals surface area contributed by atoms with E-state index in [2.05, 4.69) is 30.0 Å². The van der Waals surface area contributed by atoms with Gasteiger partial charge in [-0.05, 0) is 43.3 Å². The van der Waals surface area contributed by atoms with Gasteiger partial charge in [-0.15, -0.1) is 11.3 Å². The maximum atomic E-state index is 12.6. The van der Waals surface area contributed by atoms with E-state index >= 15 is 0 Å². The fourth-order valence-electron chi connectivity index (χ4n) is 2.72. The maximum Gasteiger partial charge on any atom is 0.282 e. The number of pyridine rings is 1. The van der Waals surface area contributed by atoms with Crippen molar-refractivity contribution in [3.05, 3.63) is 65.9 Å². The lowest BCUT2D eigenvalue weighted by Gasteiger charge is -2.10. The number of thiazole rings is 1. The molecule has 4 rings (SSSR count). The van der Waals surface area contributed by atoms with Crippen LogP contribution in [0.4, 0.5) is 10.8 Å². The number of hydrazone groups is 1. The van der Waals surface area contributed by atoms with E-state index < -0.39 is 27.9 Å². The molecule has 2 aromatic heterocycles. The van der Waals surface area contributed by atoms with E-state index in [1.54, 1.807) is 12.3 Å². The van der Waals surface area contributed by atoms with Crippen LogP contribution in [0.15, 0.2) is 80.6 Å². The molecule has 13 heteroatoms. The van der Waals surface area contributed by atoms with E-state index in [4.69, 9.17) is 0 Å². The molecule has 1 N–H and O–H groups in total. The summed E-state index contributed by atoms with van der Waals surface area (Å²) in [6.45, 7) is 1.57. The average Bonchev–Trinajstić information content (AvgIpc) is 3.40. The molecule has 11 nitrogen and oxygen atoms in total. The first-order chi connectivity index (χ1) is 15.3. The van der Waals surface area contributed by atoms with Gasteiger partial charge < -0.3 is 0 Å². The van der Waals surface area contributed by atoms with Gasteiger partial charge in [-0.25, -0.2) is 13.4 Å². The van der Waals surface area contributed by atoms with Gasteiger partial charge >= 0.3 is 0 Å². The number of nitrogens with one attached hydrogen (secondary N) is 1. The minimum Gasteiger partial charge on any atom is -0.269 e. The number of carbonyl (C=O) groups excluding carboxylic acids is 2. The Labute approximate surface area is 186 Å². The summed E-state index contributed by atoms with van der Waals surface area (Å²) in [4.78, 5) is 32.9. The molecule has 162 valence electrons. The Morgan fingerprint density at radius 3 is 2.50 bits per heavy atom. The number of sulfonamides is 1. The van der Waals surface area contributed by atoms with E-state index in [0.717, 1.165) is 16.3 Å². The Bertz CT molecular complexity index is 1310. The third kappa shape index (κ3) is 4.43. The third-order valence-electron chi connectivity index (χ3n) is 4.31. The van der Waals surface area contributed by atoms with Crippen LogP contribution in [0.25, 0.3) is 0 Å². The van der Waals surface area contributed by atoms with Crippen LogP contribution in [0.3, 0.4) is 0 Å². The van der Waals surface area contributed by atoms with Crippen LogP contribution in [-0.4, -0.2) is 47.0 Å². The smallest absolute Gasteiger partial charge is 0.269 e. The summed E-state index contributed by atoms with van der Waals surface area (Å²) in [7, 11) is -3.79. The number of hydrogen-bond donors (Lipinski definition) is 1. The van der Waals surface area contributed by atoms with Gasteiger partial charge in [-0.1, -0.05) is 0 Å². The lowest BCUT2D eigenvalue weighted by Crippen LogP contribution is -2.34. The number of anilines is 1. The van der Waals surface area contributed by atoms with Crippen molar-refractivity contribution in [3.8, 4) is 0 Å². The van der Waals surface area contributed by atoms with Gasteiger partial charge in [-0.3, -0.25) is 19.3 Å². The molecule has 0 radical (unpaired) electrons. The summed E-state index contributed by atoms with van der Waals surface area (Å²) in [5.74, 6) is -1.21. The minimum atomic E-state index is -3.79. The van der Waals surface area contributed by atoms with Crippen molar-refractivity contribution < 1.29 is 18.0 Å². The van der Waals surface area contributed by atoms with E-state index in [1.165, 1.54) is 55.0 Å². The van der Waals surface area contributed by atoms with Crippen LogP contribution in [0.2, 0.25) is 0 Å². The summed E-state index contributed by atoms with van der Waals surface area (Å²) in [6.07, 6.45) is 4.38. The Kier molecular flexibility index (Phi) is 5.83. The first-order valence-corrected chi connectivity index (χ1v) is 11.5. The van der Waals surface area contributed by atoms with Gasteiger partial charge in [0.1, 0.15) is 0 Å². The normalized spacial score (nSPS) is 16.4. The Morgan fingerprint density at radius 2 is 1.84 bits per heavy atom. The molecule has 3 heterocycles. The lowest BCUT2D eigenvalue weighted by atomic mass is 10.2. The number of hydrogen-bond acceptors (Lipinski definition) is 10. The van der Waals surface area contributed by atoms with Crippen molar-refractivity contribution in [3.63, 3.8) is 0 Å². The molecule has 0 aliphatic carbocycles. The number of rotatable bonds is 6. The molecule has 0 fully saturated rings. The first kappa shape index (κ1) is 21.4. The van der Waals surface area contributed by atoms with Gasteiger partial charge in [0.15, 0.2) is 11.2 Å². The van der Waals surface area contributed by atoms with Gasteiger partial charge in [0.25, 0.3) is 21.8 Å². The standard InChI is InChI=1S/C19H15N7O4S2/c1-12-16(18(28)26(24-12)17(27)13-6-8-20-9-7-13)23-22-14-2-4-15(5-3-14)32(29,30)25-19-21-10-11-31-19/h2-11,16H,1H3,(H,21,25)/t16-/m0/s1. The molecular formula is C19H15N7O4S2. The molecule has 0 unspecified atom stereocenters. The van der Waals surface area contributed by atoms with Crippen molar-refractivity contribution >= 4 is 49.7 Å². The van der Waals surface area contributed by atoms with Gasteiger partial charge in [-0.2, -0.15) is 20.3 Å². The van der Waals surface area contributed by atoms with Crippen molar-refractivity contribution in [2.24, 2.45) is 15.3 Å². The third-order valence-corrected chi connectivity index (χ3v) is 6.48. The minimum absolute atomic E-state index is 0.0236. The summed E-state index contributed by atoms with van der Waals surface area (Å²) < 4.78 is 27.1. The van der Waals surface area contributed by atoms with Crippen molar-refractivity contribution in [2.75, 3.05) is 4.72 Å². The van der Waals surface area contributed by atoms with Crippen LogP contribution < -0.4 is 4.72 Å². The quantitative estimate of drug-likeness (QED) is 0.434. The largest absolute Gasteiger partial charge is 0.282 e. The van der Waals surface area contributed by atoms with Crippen molar-refractivity contribution in [1.82, 2.24) is 15.0 Å². The fraction of sp³-hybridized carbons (Fsp3) is 0.105. The molecule has 1 aliphatic heterocycles. The van der Waals surface area contributed by atoms with Gasteiger partial charge in [0, 0.05) is 29.5 Å². The first-order valence-electron chi connectivity index (χ1n) is 9.12. The number of azo groups is 1. The Balaban J connectivity index is 1.46. The van der Waals surface area contributed by atoms with Gasteiger partial charge in [0.2, 0.25) is 0 Å². The van der Waals surface area contributed by atoms with E-state index in [9.17, 15) is 18.0 Å². The number of imide groups is 1. The van der Waals surface area contributed by atoms with Crippen molar-refractivity contribution in [1.29, 1.82) is 0 Å². The van der Waals surface area contributed by atoms with E-state index in [1.807, 2.05) is 0 Å². The monoisotopic (exact) mass is 469 g/mol.